The van der Waals surface area contributed by atoms with Gasteiger partial charge in [0.15, 0.2) is 6.61 Å². The molecule has 2 rings (SSSR count). The van der Waals surface area contributed by atoms with E-state index in [4.69, 9.17) is 9.47 Å². The van der Waals surface area contributed by atoms with Crippen LogP contribution in [0.3, 0.4) is 0 Å². The summed E-state index contributed by atoms with van der Waals surface area (Å²) in [6, 6.07) is 4.63. The van der Waals surface area contributed by atoms with Crippen LogP contribution in [0.15, 0.2) is 18.2 Å². The van der Waals surface area contributed by atoms with Crippen LogP contribution in [0.2, 0.25) is 0 Å². The highest BCUT2D eigenvalue weighted by Gasteiger charge is 2.47. The van der Waals surface area contributed by atoms with E-state index in [1.807, 2.05) is 19.9 Å². The summed E-state index contributed by atoms with van der Waals surface area (Å²) in [5, 5.41) is 5.23. The van der Waals surface area contributed by atoms with Crippen molar-refractivity contribution in [3.8, 4) is 5.75 Å². The minimum absolute atomic E-state index is 0.453. The van der Waals surface area contributed by atoms with Gasteiger partial charge in [0.25, 0.3) is 11.8 Å². The number of benzene rings is 1. The Balaban J connectivity index is 1.88. The molecule has 0 spiro atoms. The van der Waals surface area contributed by atoms with Crippen LogP contribution in [-0.2, 0) is 19.1 Å². The average molecular weight is 405 g/mol. The van der Waals surface area contributed by atoms with E-state index in [0.29, 0.717) is 17.9 Å². The Morgan fingerprint density at radius 3 is 2.66 bits per heavy atom. The smallest absolute Gasteiger partial charge is 0.326 e. The van der Waals surface area contributed by atoms with Crippen molar-refractivity contribution in [3.63, 3.8) is 0 Å². The molecule has 0 aliphatic carbocycles. The molecule has 1 atom stereocenters. The number of carbonyl (C=O) groups excluding carboxylic acids is 4. The number of esters is 1. The molecule has 0 aromatic heterocycles. The van der Waals surface area contributed by atoms with Gasteiger partial charge in [0.2, 0.25) is 0 Å². The predicted molar refractivity (Wildman–Crippen MR) is 105 cm³/mol. The van der Waals surface area contributed by atoms with Crippen molar-refractivity contribution in [3.05, 3.63) is 23.8 Å². The minimum Gasteiger partial charge on any atom is -0.495 e. The first-order valence-corrected chi connectivity index (χ1v) is 9.44. The maximum atomic E-state index is 12.5. The van der Waals surface area contributed by atoms with Crippen LogP contribution < -0.4 is 15.4 Å². The summed E-state index contributed by atoms with van der Waals surface area (Å²) in [6.07, 6.45) is 2.13. The molecule has 1 saturated heterocycles. The van der Waals surface area contributed by atoms with E-state index in [-0.39, 0.29) is 0 Å². The Kier molecular flexibility index (Phi) is 7.19. The molecule has 0 radical (unpaired) electrons. The zero-order chi connectivity index (χ0) is 21.6. The highest BCUT2D eigenvalue weighted by atomic mass is 16.5. The molecule has 4 amide bonds. The second-order valence-corrected chi connectivity index (χ2v) is 7.17. The van der Waals surface area contributed by atoms with E-state index < -0.39 is 42.5 Å². The largest absolute Gasteiger partial charge is 0.495 e. The number of carbonyl (C=O) groups is 4. The number of unbranched alkanes of at least 4 members (excludes halogenated alkanes) is 1. The number of hydrogen-bond donors (Lipinski definition) is 2. The third-order valence-electron chi connectivity index (χ3n) is 4.66. The molecule has 1 aromatic rings. The molecule has 1 aliphatic rings. The monoisotopic (exact) mass is 405 g/mol. The summed E-state index contributed by atoms with van der Waals surface area (Å²) >= 11 is 0. The highest BCUT2D eigenvalue weighted by molar-refractivity contribution is 6.08. The van der Waals surface area contributed by atoms with Crippen LogP contribution in [-0.4, -0.2) is 54.5 Å². The number of nitrogens with one attached hydrogen (secondary N) is 2. The second-order valence-electron chi connectivity index (χ2n) is 7.17. The number of hydrogen-bond acceptors (Lipinski definition) is 6. The molecule has 1 fully saturated rings. The maximum absolute atomic E-state index is 12.5. The fraction of sp³-hybridized carbons (Fsp3) is 0.500. The van der Waals surface area contributed by atoms with E-state index in [1.165, 1.54) is 7.11 Å². The molecule has 1 aliphatic heterocycles. The fourth-order valence-corrected chi connectivity index (χ4v) is 3.02. The molecular formula is C20H27N3O6. The van der Waals surface area contributed by atoms with Gasteiger partial charge in [-0.25, -0.2) is 4.79 Å². The van der Waals surface area contributed by atoms with Crippen molar-refractivity contribution in [1.82, 2.24) is 10.2 Å². The average Bonchev–Trinajstić information content (AvgIpc) is 2.88. The minimum atomic E-state index is -1.02. The molecule has 2 N–H and O–H groups in total. The van der Waals surface area contributed by atoms with E-state index in [2.05, 4.69) is 10.6 Å². The van der Waals surface area contributed by atoms with E-state index in [0.717, 1.165) is 23.3 Å². The zero-order valence-electron chi connectivity index (χ0n) is 17.2. The number of rotatable bonds is 9. The number of urea groups is 1. The lowest BCUT2D eigenvalue weighted by Gasteiger charge is -2.21. The van der Waals surface area contributed by atoms with Gasteiger partial charge in [-0.1, -0.05) is 25.8 Å². The third-order valence-corrected chi connectivity index (χ3v) is 4.66. The number of methoxy groups -OCH3 is 1. The van der Waals surface area contributed by atoms with Crippen LogP contribution in [0.4, 0.5) is 10.5 Å². The van der Waals surface area contributed by atoms with Gasteiger partial charge < -0.3 is 20.1 Å². The van der Waals surface area contributed by atoms with Gasteiger partial charge in [0.1, 0.15) is 17.8 Å². The maximum Gasteiger partial charge on any atom is 0.326 e. The van der Waals surface area contributed by atoms with Gasteiger partial charge in [0.05, 0.1) is 12.8 Å². The number of imide groups is 1. The summed E-state index contributed by atoms with van der Waals surface area (Å²) < 4.78 is 10.1. The van der Waals surface area contributed by atoms with Gasteiger partial charge in [-0.05, 0) is 38.0 Å². The predicted octanol–water partition coefficient (Wildman–Crippen LogP) is 1.99. The number of aryl methyl sites for hydroxylation is 1. The van der Waals surface area contributed by atoms with Crippen molar-refractivity contribution in [2.24, 2.45) is 0 Å². The molecule has 0 saturated carbocycles. The van der Waals surface area contributed by atoms with Crippen LogP contribution in [0.1, 0.15) is 38.7 Å². The molecule has 1 heterocycles. The normalized spacial score (nSPS) is 18.4. The Labute approximate surface area is 169 Å². The second kappa shape index (κ2) is 9.40. The molecule has 9 nitrogen and oxygen atoms in total. The fourth-order valence-electron chi connectivity index (χ4n) is 3.02. The zero-order valence-corrected chi connectivity index (χ0v) is 17.2. The van der Waals surface area contributed by atoms with Crippen molar-refractivity contribution < 1.29 is 28.7 Å². The quantitative estimate of drug-likeness (QED) is 0.480. The first-order valence-electron chi connectivity index (χ1n) is 9.44. The van der Waals surface area contributed by atoms with Gasteiger partial charge in [-0.15, -0.1) is 0 Å². The van der Waals surface area contributed by atoms with Crippen molar-refractivity contribution in [2.45, 2.75) is 45.6 Å². The Morgan fingerprint density at radius 1 is 1.28 bits per heavy atom. The summed E-state index contributed by atoms with van der Waals surface area (Å²) in [7, 11) is 1.48. The number of nitrogens with zero attached hydrogens (tertiary/aromatic N) is 1. The first-order chi connectivity index (χ1) is 13.7. The van der Waals surface area contributed by atoms with E-state index >= 15 is 0 Å². The highest BCUT2D eigenvalue weighted by Crippen LogP contribution is 2.25. The van der Waals surface area contributed by atoms with Gasteiger partial charge in [-0.2, -0.15) is 0 Å². The lowest BCUT2D eigenvalue weighted by atomic mass is 9.95. The number of anilines is 1. The van der Waals surface area contributed by atoms with Crippen LogP contribution in [0.25, 0.3) is 0 Å². The van der Waals surface area contributed by atoms with Crippen molar-refractivity contribution >= 4 is 29.5 Å². The summed E-state index contributed by atoms with van der Waals surface area (Å²) in [4.78, 5) is 49.5. The molecule has 1 aromatic carbocycles. The van der Waals surface area contributed by atoms with Crippen molar-refractivity contribution in [2.75, 3.05) is 25.6 Å². The van der Waals surface area contributed by atoms with Gasteiger partial charge in [-0.3, -0.25) is 19.3 Å². The first kappa shape index (κ1) is 22.2. The molecule has 29 heavy (non-hydrogen) atoms. The van der Waals surface area contributed by atoms with Crippen molar-refractivity contribution in [1.29, 1.82) is 0 Å². The number of ether oxygens (including phenoxy) is 2. The Bertz CT molecular complexity index is 809. The molecule has 9 heteroatoms. The van der Waals surface area contributed by atoms with E-state index in [1.54, 1.807) is 19.1 Å². The topological polar surface area (TPSA) is 114 Å². The lowest BCUT2D eigenvalue weighted by Crippen LogP contribution is -2.44. The van der Waals surface area contributed by atoms with Gasteiger partial charge in [0, 0.05) is 0 Å². The third kappa shape index (κ3) is 5.46. The number of amides is 4. The summed E-state index contributed by atoms with van der Waals surface area (Å²) in [5.74, 6) is -1.41. The molecule has 0 unspecified atom stereocenters. The van der Waals surface area contributed by atoms with Crippen LogP contribution in [0.5, 0.6) is 5.75 Å². The Morgan fingerprint density at radius 2 is 2.00 bits per heavy atom. The summed E-state index contributed by atoms with van der Waals surface area (Å²) in [5.41, 5.74) is 0.351. The van der Waals surface area contributed by atoms with E-state index in [9.17, 15) is 19.2 Å². The standard InChI is InChI=1S/C20H27N3O6/c1-5-6-9-20(3)18(26)23(19(27)22-20)11-17(25)29-12-16(24)21-14-10-13(2)7-8-15(14)28-4/h7-8,10H,5-6,9,11-12H2,1-4H3,(H,21,24)(H,22,27)/t20-/m0/s1. The molecule has 0 bridgehead atoms. The van der Waals surface area contributed by atoms with Crippen LogP contribution >= 0.6 is 0 Å². The summed E-state index contributed by atoms with van der Waals surface area (Å²) in [6.45, 7) is 4.38. The SMILES string of the molecule is CCCC[C@]1(C)NC(=O)N(CC(=O)OCC(=O)Nc2cc(C)ccc2OC)C1=O. The molecule has 158 valence electrons. The van der Waals surface area contributed by atoms with Gasteiger partial charge >= 0.3 is 12.0 Å². The lowest BCUT2D eigenvalue weighted by molar-refractivity contribution is -0.150. The Hall–Kier alpha value is -3.10. The molecular weight excluding hydrogens is 378 g/mol. The van der Waals surface area contributed by atoms with Crippen LogP contribution in [0, 0.1) is 6.92 Å².